The Morgan fingerprint density at radius 1 is 0.969 bits per heavy atom. The van der Waals surface area contributed by atoms with Crippen molar-refractivity contribution in [3.63, 3.8) is 0 Å². The van der Waals surface area contributed by atoms with Gasteiger partial charge < -0.3 is 10.2 Å². The summed E-state index contributed by atoms with van der Waals surface area (Å²) >= 11 is 1.19. The van der Waals surface area contributed by atoms with E-state index in [-0.39, 0.29) is 24.2 Å². The van der Waals surface area contributed by atoms with Gasteiger partial charge in [0.2, 0.25) is 11.8 Å². The van der Waals surface area contributed by atoms with Gasteiger partial charge in [-0.3, -0.25) is 9.59 Å². The lowest BCUT2D eigenvalue weighted by Gasteiger charge is -2.31. The molecule has 1 aromatic carbocycles. The van der Waals surface area contributed by atoms with E-state index in [1.54, 1.807) is 17.0 Å². The van der Waals surface area contributed by atoms with Crippen LogP contribution in [0.3, 0.4) is 0 Å². The summed E-state index contributed by atoms with van der Waals surface area (Å²) in [6, 6.07) is 13.2. The summed E-state index contributed by atoms with van der Waals surface area (Å²) in [7, 11) is -3.44. The van der Waals surface area contributed by atoms with Gasteiger partial charge in [0.1, 0.15) is 4.21 Å². The van der Waals surface area contributed by atoms with Crippen LogP contribution in [0.2, 0.25) is 0 Å². The van der Waals surface area contributed by atoms with Crippen molar-refractivity contribution in [2.45, 2.75) is 42.9 Å². The molecule has 2 aliphatic heterocycles. The lowest BCUT2D eigenvalue weighted by molar-refractivity contribution is -0.135. The van der Waals surface area contributed by atoms with Crippen molar-refractivity contribution in [2.75, 3.05) is 26.2 Å². The second-order valence-corrected chi connectivity index (χ2v) is 11.7. The van der Waals surface area contributed by atoms with Crippen LogP contribution in [0.4, 0.5) is 0 Å². The zero-order valence-corrected chi connectivity index (χ0v) is 19.7. The highest BCUT2D eigenvalue weighted by atomic mass is 32.2. The third-order valence-electron chi connectivity index (χ3n) is 6.15. The van der Waals surface area contributed by atoms with Crippen molar-refractivity contribution in [3.05, 3.63) is 52.9 Å². The molecule has 0 bridgehead atoms. The number of nitrogens with zero attached hydrogens (tertiary/aromatic N) is 2. The quantitative estimate of drug-likeness (QED) is 0.667. The zero-order chi connectivity index (χ0) is 22.6. The van der Waals surface area contributed by atoms with E-state index in [2.05, 4.69) is 5.32 Å². The molecule has 32 heavy (non-hydrogen) atoms. The summed E-state index contributed by atoms with van der Waals surface area (Å²) in [5, 5.41) is 2.99. The molecule has 9 heteroatoms. The average Bonchev–Trinajstić information content (AvgIpc) is 3.51. The van der Waals surface area contributed by atoms with Gasteiger partial charge in [-0.1, -0.05) is 30.3 Å². The van der Waals surface area contributed by atoms with Gasteiger partial charge in [-0.25, -0.2) is 8.42 Å². The Balaban J connectivity index is 1.25. The topological polar surface area (TPSA) is 86.8 Å². The largest absolute Gasteiger partial charge is 0.352 e. The van der Waals surface area contributed by atoms with Crippen molar-refractivity contribution in [2.24, 2.45) is 5.92 Å². The molecule has 172 valence electrons. The first-order valence-corrected chi connectivity index (χ1v) is 13.4. The maximum Gasteiger partial charge on any atom is 0.252 e. The number of carbonyl (C=O) groups is 2. The lowest BCUT2D eigenvalue weighted by atomic mass is 9.95. The summed E-state index contributed by atoms with van der Waals surface area (Å²) < 4.78 is 27.2. The van der Waals surface area contributed by atoms with E-state index in [1.165, 1.54) is 15.6 Å². The summed E-state index contributed by atoms with van der Waals surface area (Å²) in [4.78, 5) is 27.8. The molecule has 7 nitrogen and oxygen atoms in total. The van der Waals surface area contributed by atoms with E-state index < -0.39 is 10.0 Å². The standard InChI is InChI=1S/C23H29N3O4S2/c27-21(16-20-8-9-22(31-20)32(29,30)26-12-4-5-13-26)25-14-10-19(11-15-25)23(28)24-17-18-6-2-1-3-7-18/h1-3,6-9,19H,4-5,10-17H2,(H,24,28). The predicted octanol–water partition coefficient (Wildman–Crippen LogP) is 2.63. The third-order valence-corrected chi connectivity index (χ3v) is 9.60. The predicted molar refractivity (Wildman–Crippen MR) is 124 cm³/mol. The molecule has 0 aliphatic carbocycles. The van der Waals surface area contributed by atoms with Crippen LogP contribution < -0.4 is 5.32 Å². The highest BCUT2D eigenvalue weighted by Crippen LogP contribution is 2.28. The molecule has 1 N–H and O–H groups in total. The van der Waals surface area contributed by atoms with Crippen LogP contribution in [-0.4, -0.2) is 55.6 Å². The van der Waals surface area contributed by atoms with Crippen molar-refractivity contribution in [1.82, 2.24) is 14.5 Å². The van der Waals surface area contributed by atoms with Gasteiger partial charge in [0.15, 0.2) is 0 Å². The SMILES string of the molecule is O=C(NCc1ccccc1)C1CCN(C(=O)Cc2ccc(S(=O)(=O)N3CCCC3)s2)CC1. The number of likely N-dealkylation sites (tertiary alicyclic amines) is 1. The zero-order valence-electron chi connectivity index (χ0n) is 18.0. The van der Waals surface area contributed by atoms with Gasteiger partial charge in [0, 0.05) is 43.5 Å². The summed E-state index contributed by atoms with van der Waals surface area (Å²) in [6.45, 7) is 2.75. The summed E-state index contributed by atoms with van der Waals surface area (Å²) in [6.07, 6.45) is 3.29. The van der Waals surface area contributed by atoms with Gasteiger partial charge in [-0.05, 0) is 43.4 Å². The molecule has 0 atom stereocenters. The minimum atomic E-state index is -3.44. The maximum absolute atomic E-state index is 12.7. The molecule has 2 aromatic rings. The fourth-order valence-electron chi connectivity index (χ4n) is 4.23. The molecule has 3 heterocycles. The second-order valence-electron chi connectivity index (χ2n) is 8.37. The van der Waals surface area contributed by atoms with E-state index in [1.807, 2.05) is 30.3 Å². The van der Waals surface area contributed by atoms with Crippen molar-refractivity contribution >= 4 is 33.2 Å². The van der Waals surface area contributed by atoms with Crippen LogP contribution in [0.5, 0.6) is 0 Å². The fraction of sp³-hybridized carbons (Fsp3) is 0.478. The third kappa shape index (κ3) is 5.39. The Labute approximate surface area is 193 Å². The Bertz CT molecular complexity index is 1040. The van der Waals surface area contributed by atoms with Gasteiger partial charge in [-0.15, -0.1) is 11.3 Å². The molecule has 0 radical (unpaired) electrons. The normalized spacial score (nSPS) is 18.1. The number of piperidine rings is 1. The molecule has 1 aromatic heterocycles. The number of carbonyl (C=O) groups excluding carboxylic acids is 2. The highest BCUT2D eigenvalue weighted by molar-refractivity contribution is 7.91. The Kier molecular flexibility index (Phi) is 7.27. The number of thiophene rings is 1. The Hall–Kier alpha value is -2.23. The molecule has 2 aliphatic rings. The second kappa shape index (κ2) is 10.1. The number of sulfonamides is 1. The number of nitrogens with one attached hydrogen (secondary N) is 1. The van der Waals surface area contributed by atoms with Crippen molar-refractivity contribution in [1.29, 1.82) is 0 Å². The minimum absolute atomic E-state index is 0.0138. The highest BCUT2D eigenvalue weighted by Gasteiger charge is 2.30. The van der Waals surface area contributed by atoms with Gasteiger partial charge in [0.05, 0.1) is 6.42 Å². The number of hydrogen-bond acceptors (Lipinski definition) is 5. The van der Waals surface area contributed by atoms with E-state index in [9.17, 15) is 18.0 Å². The molecule has 2 fully saturated rings. The maximum atomic E-state index is 12.7. The first-order chi connectivity index (χ1) is 15.4. The van der Waals surface area contributed by atoms with E-state index >= 15 is 0 Å². The molecule has 4 rings (SSSR count). The Morgan fingerprint density at radius 3 is 2.34 bits per heavy atom. The number of rotatable bonds is 7. The van der Waals surface area contributed by atoms with Gasteiger partial charge in [0.25, 0.3) is 10.0 Å². The first-order valence-electron chi connectivity index (χ1n) is 11.1. The summed E-state index contributed by atoms with van der Waals surface area (Å²) in [5.74, 6) is -0.0576. The van der Waals surface area contributed by atoms with Crippen LogP contribution in [0.1, 0.15) is 36.1 Å². The van der Waals surface area contributed by atoms with Gasteiger partial charge >= 0.3 is 0 Å². The molecule has 0 saturated carbocycles. The lowest BCUT2D eigenvalue weighted by Crippen LogP contribution is -2.43. The average molecular weight is 476 g/mol. The minimum Gasteiger partial charge on any atom is -0.352 e. The van der Waals surface area contributed by atoms with Crippen molar-refractivity contribution in [3.8, 4) is 0 Å². The van der Waals surface area contributed by atoms with Crippen LogP contribution in [0.25, 0.3) is 0 Å². The smallest absolute Gasteiger partial charge is 0.252 e. The van der Waals surface area contributed by atoms with Crippen LogP contribution >= 0.6 is 11.3 Å². The molecule has 2 saturated heterocycles. The molecule has 2 amide bonds. The molecule has 0 unspecified atom stereocenters. The monoisotopic (exact) mass is 475 g/mol. The van der Waals surface area contributed by atoms with E-state index in [4.69, 9.17) is 0 Å². The van der Waals surface area contributed by atoms with Crippen LogP contribution in [0, 0.1) is 5.92 Å². The van der Waals surface area contributed by atoms with Gasteiger partial charge in [-0.2, -0.15) is 4.31 Å². The van der Waals surface area contributed by atoms with Crippen LogP contribution in [0.15, 0.2) is 46.7 Å². The number of amides is 2. The first kappa shape index (κ1) is 22.9. The molecule has 0 spiro atoms. The van der Waals surface area contributed by atoms with Crippen LogP contribution in [-0.2, 0) is 32.6 Å². The van der Waals surface area contributed by atoms with E-state index in [0.717, 1.165) is 23.3 Å². The Morgan fingerprint density at radius 2 is 1.66 bits per heavy atom. The number of hydrogen-bond donors (Lipinski definition) is 1. The summed E-state index contributed by atoms with van der Waals surface area (Å²) in [5.41, 5.74) is 1.07. The number of benzene rings is 1. The van der Waals surface area contributed by atoms with E-state index in [0.29, 0.717) is 49.8 Å². The van der Waals surface area contributed by atoms with Crippen molar-refractivity contribution < 1.29 is 18.0 Å². The molecular weight excluding hydrogens is 446 g/mol. The fourth-order valence-corrected chi connectivity index (χ4v) is 7.25. The molecular formula is C23H29N3O4S2.